The number of para-hydroxylation sites is 2. The van der Waals surface area contributed by atoms with E-state index in [4.69, 9.17) is 4.42 Å². The normalized spacial score (nSPS) is 18.2. The van der Waals surface area contributed by atoms with Crippen molar-refractivity contribution in [3.63, 3.8) is 0 Å². The second-order valence-corrected chi connectivity index (χ2v) is 14.5. The minimum atomic E-state index is -0.184. The second-order valence-electron chi connectivity index (χ2n) is 13.4. The predicted octanol–water partition coefficient (Wildman–Crippen LogP) is 11.4. The van der Waals surface area contributed by atoms with Crippen LogP contribution in [-0.4, -0.2) is 4.57 Å². The minimum absolute atomic E-state index is 0.0901. The van der Waals surface area contributed by atoms with Gasteiger partial charge < -0.3 is 8.98 Å². The van der Waals surface area contributed by atoms with Crippen LogP contribution in [0.15, 0.2) is 162 Å². The molecule has 7 aromatic carbocycles. The van der Waals surface area contributed by atoms with Crippen LogP contribution in [0.5, 0.6) is 0 Å². The molecule has 0 spiro atoms. The summed E-state index contributed by atoms with van der Waals surface area (Å²) in [6.07, 6.45) is -0.427. The van der Waals surface area contributed by atoms with Crippen LogP contribution in [0, 0.1) is 0 Å². The molecule has 0 aliphatic carbocycles. The third kappa shape index (κ3) is 4.58. The number of nitrogens with one attached hydrogen (secondary N) is 3. The van der Waals surface area contributed by atoms with Crippen LogP contribution in [0.4, 0.5) is 0 Å². The zero-order chi connectivity index (χ0) is 33.5. The summed E-state index contributed by atoms with van der Waals surface area (Å²) in [7, 11) is 0. The number of nitrogens with zero attached hydrogens (tertiary/aromatic N) is 1. The van der Waals surface area contributed by atoms with Crippen LogP contribution >= 0.6 is 11.3 Å². The fraction of sp³-hybridized carbons (Fsp3) is 0.0667. The molecular formula is C45H32N4OS. The van der Waals surface area contributed by atoms with Crippen LogP contribution in [0.3, 0.4) is 0 Å². The van der Waals surface area contributed by atoms with Gasteiger partial charge in [0.1, 0.15) is 11.9 Å². The number of thiophene rings is 1. The van der Waals surface area contributed by atoms with Crippen molar-refractivity contribution in [2.45, 2.75) is 18.6 Å². The van der Waals surface area contributed by atoms with Crippen LogP contribution < -0.4 is 16.0 Å². The molecule has 1 saturated heterocycles. The first kappa shape index (κ1) is 29.0. The maximum absolute atomic E-state index is 6.80. The van der Waals surface area contributed by atoms with E-state index in [2.05, 4.69) is 178 Å². The van der Waals surface area contributed by atoms with Crippen molar-refractivity contribution in [2.24, 2.45) is 0 Å². The summed E-state index contributed by atoms with van der Waals surface area (Å²) in [5, 5.41) is 18.9. The van der Waals surface area contributed by atoms with Crippen LogP contribution in [0.25, 0.3) is 75.0 Å². The molecule has 1 aliphatic heterocycles. The van der Waals surface area contributed by atoms with Crippen molar-refractivity contribution < 1.29 is 4.42 Å². The molecular weight excluding hydrogens is 645 g/mol. The topological polar surface area (TPSA) is 54.2 Å². The zero-order valence-corrected chi connectivity index (χ0v) is 28.3. The SMILES string of the molecule is c1ccc(-c2ccc3sc4c(ccc5c6ccc(C7NC(c8ccccc8)NC(n8c9ccccc9c9ccccc98)N7)cc6oc54)c3c2)cc1. The molecule has 0 radical (unpaired) electrons. The molecule has 5 nitrogen and oxygen atoms in total. The molecule has 0 bridgehead atoms. The van der Waals surface area contributed by atoms with E-state index in [0.717, 1.165) is 27.5 Å². The number of furan rings is 1. The van der Waals surface area contributed by atoms with Crippen LogP contribution in [0.1, 0.15) is 29.7 Å². The van der Waals surface area contributed by atoms with E-state index in [9.17, 15) is 0 Å². The fourth-order valence-corrected chi connectivity index (χ4v) is 9.28. The van der Waals surface area contributed by atoms with Crippen LogP contribution in [0.2, 0.25) is 0 Å². The first-order chi connectivity index (χ1) is 25.3. The Morgan fingerprint density at radius 1 is 0.471 bits per heavy atom. The number of benzene rings is 7. The van der Waals surface area contributed by atoms with Crippen LogP contribution in [-0.2, 0) is 0 Å². The van der Waals surface area contributed by atoms with E-state index in [-0.39, 0.29) is 18.6 Å². The molecule has 3 aromatic heterocycles. The van der Waals surface area contributed by atoms with Gasteiger partial charge in [-0.25, -0.2) is 0 Å². The first-order valence-corrected chi connectivity index (χ1v) is 18.3. The van der Waals surface area contributed by atoms with E-state index in [0.29, 0.717) is 0 Å². The number of rotatable bonds is 4. The molecule has 3 unspecified atom stereocenters. The number of hydrogen-bond acceptors (Lipinski definition) is 5. The summed E-state index contributed by atoms with van der Waals surface area (Å²) in [5.41, 5.74) is 8.98. The Labute approximate surface area is 297 Å². The molecule has 10 aromatic rings. The highest BCUT2D eigenvalue weighted by atomic mass is 32.1. The maximum atomic E-state index is 6.80. The predicted molar refractivity (Wildman–Crippen MR) is 212 cm³/mol. The van der Waals surface area contributed by atoms with Crippen molar-refractivity contribution in [2.75, 3.05) is 0 Å². The standard InChI is InChI=1S/C45H32N4OS/c1-3-11-27(12-4-1)29-20-24-40-36(25-29)35-23-22-34-33-21-19-30(26-39(33)50-41(34)42(35)51-40)44-46-43(28-13-5-2-6-14-28)47-45(48-44)49-37-17-9-7-15-31(37)32-16-8-10-18-38(32)49/h1-26,43-48H. The fourth-order valence-electron chi connectivity index (χ4n) is 8.11. The zero-order valence-electron chi connectivity index (χ0n) is 27.5. The summed E-state index contributed by atoms with van der Waals surface area (Å²) >= 11 is 1.81. The highest BCUT2D eigenvalue weighted by molar-refractivity contribution is 7.26. The Kier molecular flexibility index (Phi) is 6.48. The van der Waals surface area contributed by atoms with Crippen molar-refractivity contribution in [1.29, 1.82) is 0 Å². The Balaban J connectivity index is 1.03. The van der Waals surface area contributed by atoms with Crippen molar-refractivity contribution >= 4 is 75.3 Å². The lowest BCUT2D eigenvalue weighted by Crippen LogP contribution is -2.56. The average Bonchev–Trinajstić information content (AvgIpc) is 3.87. The highest BCUT2D eigenvalue weighted by Gasteiger charge is 2.31. The number of hydrogen-bond donors (Lipinski definition) is 3. The molecule has 1 fully saturated rings. The van der Waals surface area contributed by atoms with Gasteiger partial charge in [-0.3, -0.25) is 16.0 Å². The van der Waals surface area contributed by atoms with Gasteiger partial charge in [0.25, 0.3) is 0 Å². The van der Waals surface area contributed by atoms with E-state index < -0.39 is 0 Å². The molecule has 244 valence electrons. The van der Waals surface area contributed by atoms with Crippen molar-refractivity contribution in [3.05, 3.63) is 169 Å². The average molecular weight is 677 g/mol. The summed E-state index contributed by atoms with van der Waals surface area (Å²) in [6, 6.07) is 56.5. The first-order valence-electron chi connectivity index (χ1n) is 17.4. The Hall–Kier alpha value is -5.76. The number of fused-ring (bicyclic) bond motifs is 10. The van der Waals surface area contributed by atoms with E-state index in [1.54, 1.807) is 0 Å². The monoisotopic (exact) mass is 676 g/mol. The lowest BCUT2D eigenvalue weighted by atomic mass is 10.0. The molecule has 4 heterocycles. The Morgan fingerprint density at radius 2 is 1.12 bits per heavy atom. The summed E-state index contributed by atoms with van der Waals surface area (Å²) in [5.74, 6) is 0. The molecule has 11 rings (SSSR count). The van der Waals surface area contributed by atoms with Crippen molar-refractivity contribution in [3.8, 4) is 11.1 Å². The molecule has 3 N–H and O–H groups in total. The number of aromatic nitrogens is 1. The quantitative estimate of drug-likeness (QED) is 0.174. The van der Waals surface area contributed by atoms with E-state index >= 15 is 0 Å². The smallest absolute Gasteiger partial charge is 0.153 e. The van der Waals surface area contributed by atoms with Gasteiger partial charge in [0.15, 0.2) is 5.58 Å². The maximum Gasteiger partial charge on any atom is 0.153 e. The van der Waals surface area contributed by atoms with E-state index in [1.165, 1.54) is 58.7 Å². The van der Waals surface area contributed by atoms with Gasteiger partial charge >= 0.3 is 0 Å². The van der Waals surface area contributed by atoms with Gasteiger partial charge in [-0.1, -0.05) is 121 Å². The van der Waals surface area contributed by atoms with Gasteiger partial charge in [0.05, 0.1) is 28.1 Å². The molecule has 0 amide bonds. The summed E-state index contributed by atoms with van der Waals surface area (Å²) in [4.78, 5) is 0. The van der Waals surface area contributed by atoms with E-state index in [1.807, 2.05) is 11.3 Å². The molecule has 51 heavy (non-hydrogen) atoms. The Morgan fingerprint density at radius 3 is 1.88 bits per heavy atom. The summed E-state index contributed by atoms with van der Waals surface area (Å²) < 4.78 is 11.7. The van der Waals surface area contributed by atoms with Gasteiger partial charge in [-0.15, -0.1) is 11.3 Å². The molecule has 0 saturated carbocycles. The van der Waals surface area contributed by atoms with Gasteiger partial charge in [0.2, 0.25) is 0 Å². The lowest BCUT2D eigenvalue weighted by Gasteiger charge is -2.40. The minimum Gasteiger partial charge on any atom is -0.455 e. The highest BCUT2D eigenvalue weighted by Crippen LogP contribution is 2.43. The molecule has 6 heteroatoms. The van der Waals surface area contributed by atoms with Crippen molar-refractivity contribution in [1.82, 2.24) is 20.5 Å². The third-order valence-electron chi connectivity index (χ3n) is 10.5. The lowest BCUT2D eigenvalue weighted by molar-refractivity contribution is 0.161. The van der Waals surface area contributed by atoms with Gasteiger partial charge in [-0.05, 0) is 58.7 Å². The largest absolute Gasteiger partial charge is 0.455 e. The molecule has 3 atom stereocenters. The summed E-state index contributed by atoms with van der Waals surface area (Å²) in [6.45, 7) is 0. The van der Waals surface area contributed by atoms with Gasteiger partial charge in [0, 0.05) is 37.0 Å². The van der Waals surface area contributed by atoms with Gasteiger partial charge in [-0.2, -0.15) is 0 Å². The molecule has 1 aliphatic rings. The Bertz CT molecular complexity index is 2870. The second kappa shape index (κ2) is 11.4. The third-order valence-corrected chi connectivity index (χ3v) is 11.7.